The lowest BCUT2D eigenvalue weighted by Gasteiger charge is -2.13. The maximum atomic E-state index is 5.82. The van der Waals surface area contributed by atoms with Crippen LogP contribution in [-0.4, -0.2) is 0 Å². The van der Waals surface area contributed by atoms with E-state index in [1.54, 1.807) is 11.3 Å². The first kappa shape index (κ1) is 10.5. The van der Waals surface area contributed by atoms with Crippen LogP contribution in [0.1, 0.15) is 17.8 Å². The molecule has 1 N–H and O–H groups in total. The first-order valence-electron chi connectivity index (χ1n) is 4.81. The second kappa shape index (κ2) is 4.69. The third-order valence-electron chi connectivity index (χ3n) is 2.20. The van der Waals surface area contributed by atoms with Gasteiger partial charge in [0.05, 0.1) is 6.04 Å². The van der Waals surface area contributed by atoms with Crippen molar-refractivity contribution in [2.24, 2.45) is 0 Å². The number of hydrogen-bond acceptors (Lipinski definition) is 2. The molecular weight excluding hydrogens is 226 g/mol. The van der Waals surface area contributed by atoms with Gasteiger partial charge in [-0.15, -0.1) is 11.3 Å². The highest BCUT2D eigenvalue weighted by Gasteiger charge is 2.05. The molecule has 1 aromatic carbocycles. The smallest absolute Gasteiger partial charge is 0.0578 e. The number of thiophene rings is 1. The molecule has 1 atom stereocenters. The Morgan fingerprint density at radius 1 is 1.20 bits per heavy atom. The molecule has 0 bridgehead atoms. The number of halogens is 1. The van der Waals surface area contributed by atoms with E-state index in [4.69, 9.17) is 11.6 Å². The van der Waals surface area contributed by atoms with Crippen molar-refractivity contribution in [3.63, 3.8) is 0 Å². The molecule has 3 heteroatoms. The lowest BCUT2D eigenvalue weighted by Crippen LogP contribution is -2.04. The Labute approximate surface area is 98.7 Å². The number of hydrogen-bond donors (Lipinski definition) is 1. The van der Waals surface area contributed by atoms with E-state index in [2.05, 4.69) is 29.8 Å². The van der Waals surface area contributed by atoms with Gasteiger partial charge < -0.3 is 5.32 Å². The van der Waals surface area contributed by atoms with E-state index in [0.717, 1.165) is 10.7 Å². The fraction of sp³-hybridized carbons (Fsp3) is 0.167. The van der Waals surface area contributed by atoms with Crippen molar-refractivity contribution in [3.8, 4) is 0 Å². The topological polar surface area (TPSA) is 12.0 Å². The molecule has 0 aliphatic heterocycles. The van der Waals surface area contributed by atoms with Crippen molar-refractivity contribution in [2.45, 2.75) is 13.0 Å². The molecule has 0 fully saturated rings. The van der Waals surface area contributed by atoms with Crippen LogP contribution in [0.25, 0.3) is 0 Å². The molecule has 0 saturated heterocycles. The lowest BCUT2D eigenvalue weighted by atomic mass is 10.2. The van der Waals surface area contributed by atoms with E-state index in [-0.39, 0.29) is 0 Å². The molecule has 78 valence electrons. The number of benzene rings is 1. The van der Waals surface area contributed by atoms with Crippen LogP contribution < -0.4 is 5.32 Å². The SMILES string of the molecule is CC(Nc1ccc(Cl)cc1)c1cccs1. The second-order valence-corrected chi connectivity index (χ2v) is 4.80. The largest absolute Gasteiger partial charge is 0.378 e. The zero-order valence-corrected chi connectivity index (χ0v) is 9.98. The van der Waals surface area contributed by atoms with Crippen LogP contribution in [0.4, 0.5) is 5.69 Å². The molecule has 15 heavy (non-hydrogen) atoms. The van der Waals surface area contributed by atoms with Gasteiger partial charge in [-0.2, -0.15) is 0 Å². The summed E-state index contributed by atoms with van der Waals surface area (Å²) in [6.45, 7) is 2.15. The van der Waals surface area contributed by atoms with E-state index in [9.17, 15) is 0 Å². The van der Waals surface area contributed by atoms with Gasteiger partial charge in [-0.1, -0.05) is 17.7 Å². The average molecular weight is 238 g/mol. The standard InChI is InChI=1S/C12H12ClNS/c1-9(12-3-2-8-15-12)14-11-6-4-10(13)5-7-11/h2-9,14H,1H3. The van der Waals surface area contributed by atoms with Crippen molar-refractivity contribution in [3.05, 3.63) is 51.7 Å². The van der Waals surface area contributed by atoms with Crippen LogP contribution in [0.5, 0.6) is 0 Å². The number of nitrogens with one attached hydrogen (secondary N) is 1. The van der Waals surface area contributed by atoms with Crippen LogP contribution in [0.15, 0.2) is 41.8 Å². The molecule has 0 aliphatic rings. The maximum absolute atomic E-state index is 5.82. The first-order valence-corrected chi connectivity index (χ1v) is 6.07. The minimum absolute atomic E-state index is 0.339. The summed E-state index contributed by atoms with van der Waals surface area (Å²) in [6, 6.07) is 12.3. The highest BCUT2D eigenvalue weighted by molar-refractivity contribution is 7.10. The molecule has 1 aromatic heterocycles. The predicted octanol–water partition coefficient (Wildman–Crippen LogP) is 4.57. The molecular formula is C12H12ClNS. The summed E-state index contributed by atoms with van der Waals surface area (Å²) in [5.74, 6) is 0. The van der Waals surface area contributed by atoms with E-state index >= 15 is 0 Å². The van der Waals surface area contributed by atoms with Gasteiger partial charge in [0, 0.05) is 15.6 Å². The number of rotatable bonds is 3. The van der Waals surface area contributed by atoms with Gasteiger partial charge in [-0.05, 0) is 42.6 Å². The molecule has 0 spiro atoms. The van der Waals surface area contributed by atoms with Crippen molar-refractivity contribution in [1.82, 2.24) is 0 Å². The first-order chi connectivity index (χ1) is 7.25. The van der Waals surface area contributed by atoms with Crippen molar-refractivity contribution in [1.29, 1.82) is 0 Å². The molecule has 2 rings (SSSR count). The Kier molecular flexibility index (Phi) is 3.29. The van der Waals surface area contributed by atoms with Crippen LogP contribution in [0, 0.1) is 0 Å². The normalized spacial score (nSPS) is 12.4. The third kappa shape index (κ3) is 2.74. The van der Waals surface area contributed by atoms with Crippen molar-refractivity contribution >= 4 is 28.6 Å². The van der Waals surface area contributed by atoms with E-state index in [1.807, 2.05) is 24.3 Å². The maximum Gasteiger partial charge on any atom is 0.0578 e. The molecule has 1 nitrogen and oxygen atoms in total. The van der Waals surface area contributed by atoms with Gasteiger partial charge in [-0.25, -0.2) is 0 Å². The van der Waals surface area contributed by atoms with Crippen LogP contribution >= 0.6 is 22.9 Å². The third-order valence-corrected chi connectivity index (χ3v) is 3.50. The molecule has 2 aromatic rings. The highest BCUT2D eigenvalue weighted by Crippen LogP contribution is 2.23. The van der Waals surface area contributed by atoms with E-state index in [1.165, 1.54) is 4.88 Å². The molecule has 1 heterocycles. The van der Waals surface area contributed by atoms with E-state index in [0.29, 0.717) is 6.04 Å². The monoisotopic (exact) mass is 237 g/mol. The summed E-state index contributed by atoms with van der Waals surface area (Å²) in [5.41, 5.74) is 1.10. The minimum Gasteiger partial charge on any atom is -0.378 e. The molecule has 0 saturated carbocycles. The zero-order valence-electron chi connectivity index (χ0n) is 8.41. The van der Waals surface area contributed by atoms with Crippen molar-refractivity contribution < 1.29 is 0 Å². The zero-order chi connectivity index (χ0) is 10.7. The van der Waals surface area contributed by atoms with Crippen molar-refractivity contribution in [2.75, 3.05) is 5.32 Å². The van der Waals surface area contributed by atoms with Gasteiger partial charge in [0.1, 0.15) is 0 Å². The fourth-order valence-electron chi connectivity index (χ4n) is 1.40. The lowest BCUT2D eigenvalue weighted by molar-refractivity contribution is 0.908. The van der Waals surface area contributed by atoms with E-state index < -0.39 is 0 Å². The van der Waals surface area contributed by atoms with Gasteiger partial charge >= 0.3 is 0 Å². The highest BCUT2D eigenvalue weighted by atomic mass is 35.5. The van der Waals surface area contributed by atoms with Crippen LogP contribution in [0.2, 0.25) is 5.02 Å². The summed E-state index contributed by atoms with van der Waals surface area (Å²) in [6.07, 6.45) is 0. The number of anilines is 1. The predicted molar refractivity (Wildman–Crippen MR) is 67.8 cm³/mol. The minimum atomic E-state index is 0.339. The summed E-state index contributed by atoms with van der Waals surface area (Å²) < 4.78 is 0. The van der Waals surface area contributed by atoms with Gasteiger partial charge in [0.15, 0.2) is 0 Å². The van der Waals surface area contributed by atoms with Crippen LogP contribution in [0.3, 0.4) is 0 Å². The Hall–Kier alpha value is -0.990. The summed E-state index contributed by atoms with van der Waals surface area (Å²) in [4.78, 5) is 1.34. The van der Waals surface area contributed by atoms with Gasteiger partial charge in [0.25, 0.3) is 0 Å². The summed E-state index contributed by atoms with van der Waals surface area (Å²) >= 11 is 7.59. The average Bonchev–Trinajstić information content (AvgIpc) is 2.74. The Morgan fingerprint density at radius 3 is 2.53 bits per heavy atom. The molecule has 1 unspecified atom stereocenters. The molecule has 0 amide bonds. The summed E-state index contributed by atoms with van der Waals surface area (Å²) in [5, 5.41) is 6.28. The second-order valence-electron chi connectivity index (χ2n) is 3.39. The molecule has 0 radical (unpaired) electrons. The van der Waals surface area contributed by atoms with Gasteiger partial charge in [0.2, 0.25) is 0 Å². The fourth-order valence-corrected chi connectivity index (χ4v) is 2.27. The van der Waals surface area contributed by atoms with Crippen LogP contribution in [-0.2, 0) is 0 Å². The Bertz CT molecular complexity index is 408. The van der Waals surface area contributed by atoms with Gasteiger partial charge in [-0.3, -0.25) is 0 Å². The summed E-state index contributed by atoms with van der Waals surface area (Å²) in [7, 11) is 0. The Balaban J connectivity index is 2.06. The molecule has 0 aliphatic carbocycles. The Morgan fingerprint density at radius 2 is 1.93 bits per heavy atom. The quantitative estimate of drug-likeness (QED) is 0.824.